The molecule has 2 amide bonds. The van der Waals surface area contributed by atoms with Gasteiger partial charge in [-0.1, -0.05) is 6.92 Å². The highest BCUT2D eigenvalue weighted by molar-refractivity contribution is 5.89. The third-order valence-electron chi connectivity index (χ3n) is 3.94. The van der Waals surface area contributed by atoms with Crippen LogP contribution in [0.4, 0.5) is 0 Å². The molecule has 2 rings (SSSR count). The number of amides is 2. The first-order chi connectivity index (χ1) is 12.8. The number of esters is 1. The number of hydrogen-bond acceptors (Lipinski definition) is 6. The molecule has 0 aliphatic carbocycles. The van der Waals surface area contributed by atoms with E-state index in [9.17, 15) is 24.0 Å². The fourth-order valence-corrected chi connectivity index (χ4v) is 2.62. The van der Waals surface area contributed by atoms with Gasteiger partial charge in [0.25, 0.3) is 11.5 Å². The number of aromatic nitrogens is 2. The number of rotatable bonds is 5. The number of piperidine rings is 1. The Balaban J connectivity index is 0.000000646. The second kappa shape index (κ2) is 10.9. The van der Waals surface area contributed by atoms with E-state index < -0.39 is 23.8 Å². The fourth-order valence-electron chi connectivity index (χ4n) is 2.62. The average molecular weight is 382 g/mol. The Morgan fingerprint density at radius 2 is 1.96 bits per heavy atom. The average Bonchev–Trinajstić information content (AvgIpc) is 2.65. The Hall–Kier alpha value is -2.91. The highest BCUT2D eigenvalue weighted by Crippen LogP contribution is 2.19. The van der Waals surface area contributed by atoms with Crippen molar-refractivity contribution in [3.63, 3.8) is 0 Å². The molecule has 0 spiro atoms. The lowest BCUT2D eigenvalue weighted by atomic mass is 10.00. The summed E-state index contributed by atoms with van der Waals surface area (Å²) in [4.78, 5) is 62.8. The standard InChI is InChI=1S/C14H19N3O5.C3H7NO/c1-2-9-5-3-4-6-17(9)12(19)8-22-13(20)10-7-11(18)16-14(21)15-10;1-4(2)3-5/h7,9H,2-6,8H2,1H3,(H2,15,16,18,21);3H,1-2H3. The van der Waals surface area contributed by atoms with Crippen molar-refractivity contribution in [1.82, 2.24) is 19.8 Å². The first-order valence-corrected chi connectivity index (χ1v) is 8.70. The van der Waals surface area contributed by atoms with E-state index in [0.29, 0.717) is 6.54 Å². The predicted octanol–water partition coefficient (Wildman–Crippen LogP) is -0.284. The highest BCUT2D eigenvalue weighted by Gasteiger charge is 2.26. The lowest BCUT2D eigenvalue weighted by molar-refractivity contribution is -0.138. The Morgan fingerprint density at radius 1 is 1.30 bits per heavy atom. The first kappa shape index (κ1) is 22.1. The normalized spacial score (nSPS) is 16.0. The van der Waals surface area contributed by atoms with Gasteiger partial charge in [0.15, 0.2) is 6.61 Å². The zero-order chi connectivity index (χ0) is 20.4. The second-order valence-electron chi connectivity index (χ2n) is 6.29. The predicted molar refractivity (Wildman–Crippen MR) is 97.4 cm³/mol. The summed E-state index contributed by atoms with van der Waals surface area (Å²) < 4.78 is 4.89. The zero-order valence-corrected chi connectivity index (χ0v) is 15.8. The molecule has 10 nitrogen and oxygen atoms in total. The maximum Gasteiger partial charge on any atom is 0.355 e. The molecule has 1 aliphatic rings. The van der Waals surface area contributed by atoms with Crippen LogP contribution in [-0.2, 0) is 14.3 Å². The van der Waals surface area contributed by atoms with Gasteiger partial charge >= 0.3 is 11.7 Å². The van der Waals surface area contributed by atoms with Crippen LogP contribution in [-0.4, -0.2) is 71.3 Å². The lowest BCUT2D eigenvalue weighted by Gasteiger charge is -2.35. The van der Waals surface area contributed by atoms with Gasteiger partial charge in [0.1, 0.15) is 5.69 Å². The van der Waals surface area contributed by atoms with Gasteiger partial charge in [0.2, 0.25) is 6.41 Å². The summed E-state index contributed by atoms with van der Waals surface area (Å²) in [5.41, 5.74) is -1.77. The molecule has 2 heterocycles. The van der Waals surface area contributed by atoms with Crippen molar-refractivity contribution in [1.29, 1.82) is 0 Å². The van der Waals surface area contributed by atoms with Crippen LogP contribution in [0.3, 0.4) is 0 Å². The first-order valence-electron chi connectivity index (χ1n) is 8.70. The van der Waals surface area contributed by atoms with Crippen LogP contribution >= 0.6 is 0 Å². The Labute approximate surface area is 156 Å². The van der Waals surface area contributed by atoms with Gasteiger partial charge in [0, 0.05) is 32.7 Å². The van der Waals surface area contributed by atoms with Crippen molar-refractivity contribution in [2.75, 3.05) is 27.2 Å². The molecule has 150 valence electrons. The Morgan fingerprint density at radius 3 is 2.52 bits per heavy atom. The number of ether oxygens (including phenoxy) is 1. The van der Waals surface area contributed by atoms with Gasteiger partial charge in [-0.3, -0.25) is 19.4 Å². The summed E-state index contributed by atoms with van der Waals surface area (Å²) >= 11 is 0. The number of aromatic amines is 2. The summed E-state index contributed by atoms with van der Waals surface area (Å²) in [5.74, 6) is -1.16. The van der Waals surface area contributed by atoms with E-state index in [1.165, 1.54) is 4.90 Å². The monoisotopic (exact) mass is 382 g/mol. The van der Waals surface area contributed by atoms with Crippen LogP contribution in [0, 0.1) is 0 Å². The summed E-state index contributed by atoms with van der Waals surface area (Å²) in [6.07, 6.45) is 4.60. The van der Waals surface area contributed by atoms with Crippen molar-refractivity contribution in [2.45, 2.75) is 38.6 Å². The minimum absolute atomic E-state index is 0.180. The van der Waals surface area contributed by atoms with Crippen LogP contribution in [0.15, 0.2) is 15.7 Å². The van der Waals surface area contributed by atoms with Gasteiger partial charge in [-0.15, -0.1) is 0 Å². The molecule has 1 unspecified atom stereocenters. The molecule has 1 aromatic rings. The van der Waals surface area contributed by atoms with Crippen molar-refractivity contribution in [2.24, 2.45) is 0 Å². The molecule has 1 atom stereocenters. The topological polar surface area (TPSA) is 133 Å². The maximum atomic E-state index is 12.1. The van der Waals surface area contributed by atoms with E-state index in [0.717, 1.165) is 38.2 Å². The minimum Gasteiger partial charge on any atom is -0.451 e. The number of nitrogens with zero attached hydrogens (tertiary/aromatic N) is 2. The number of likely N-dealkylation sites (tertiary alicyclic amines) is 1. The molecule has 10 heteroatoms. The SMILES string of the molecule is CCC1CCCCN1C(=O)COC(=O)c1cc(=O)[nH]c(=O)[nH]1.CN(C)C=O. The van der Waals surface area contributed by atoms with Gasteiger partial charge in [0.05, 0.1) is 0 Å². The number of nitrogens with one attached hydrogen (secondary N) is 2. The Kier molecular flexibility index (Phi) is 8.97. The van der Waals surface area contributed by atoms with Crippen LogP contribution in [0.5, 0.6) is 0 Å². The molecule has 27 heavy (non-hydrogen) atoms. The van der Waals surface area contributed by atoms with Crippen LogP contribution in [0.1, 0.15) is 43.1 Å². The quantitative estimate of drug-likeness (QED) is 0.531. The van der Waals surface area contributed by atoms with Crippen molar-refractivity contribution >= 4 is 18.3 Å². The molecule has 0 bridgehead atoms. The summed E-state index contributed by atoms with van der Waals surface area (Å²) in [7, 11) is 3.38. The molecule has 1 saturated heterocycles. The zero-order valence-electron chi connectivity index (χ0n) is 15.8. The van der Waals surface area contributed by atoms with E-state index >= 15 is 0 Å². The summed E-state index contributed by atoms with van der Waals surface area (Å²) in [6, 6.07) is 1.10. The molecular formula is C17H26N4O6. The number of hydrogen-bond donors (Lipinski definition) is 2. The summed E-state index contributed by atoms with van der Waals surface area (Å²) in [6.45, 7) is 2.28. The van der Waals surface area contributed by atoms with Crippen molar-refractivity contribution < 1.29 is 19.1 Å². The van der Waals surface area contributed by atoms with Crippen LogP contribution in [0.25, 0.3) is 0 Å². The smallest absolute Gasteiger partial charge is 0.355 e. The minimum atomic E-state index is -0.901. The number of H-pyrrole nitrogens is 2. The molecule has 2 N–H and O–H groups in total. The third-order valence-corrected chi connectivity index (χ3v) is 3.94. The number of carbonyl (C=O) groups is 3. The highest BCUT2D eigenvalue weighted by atomic mass is 16.5. The van der Waals surface area contributed by atoms with E-state index in [1.54, 1.807) is 19.0 Å². The van der Waals surface area contributed by atoms with Crippen LogP contribution in [0.2, 0.25) is 0 Å². The van der Waals surface area contributed by atoms with Gasteiger partial charge < -0.3 is 19.5 Å². The van der Waals surface area contributed by atoms with Gasteiger partial charge in [-0.05, 0) is 25.7 Å². The van der Waals surface area contributed by atoms with E-state index in [2.05, 4.69) is 4.98 Å². The van der Waals surface area contributed by atoms with E-state index in [-0.39, 0.29) is 17.6 Å². The lowest BCUT2D eigenvalue weighted by Crippen LogP contribution is -2.45. The molecule has 0 radical (unpaired) electrons. The molecule has 1 aromatic heterocycles. The maximum absolute atomic E-state index is 12.1. The fraction of sp³-hybridized carbons (Fsp3) is 0.588. The van der Waals surface area contributed by atoms with Crippen molar-refractivity contribution in [3.8, 4) is 0 Å². The molecule has 0 aromatic carbocycles. The largest absolute Gasteiger partial charge is 0.451 e. The number of carbonyl (C=O) groups excluding carboxylic acids is 3. The van der Waals surface area contributed by atoms with Crippen LogP contribution < -0.4 is 11.2 Å². The van der Waals surface area contributed by atoms with E-state index in [4.69, 9.17) is 4.74 Å². The van der Waals surface area contributed by atoms with E-state index in [1.807, 2.05) is 11.9 Å². The van der Waals surface area contributed by atoms with Crippen molar-refractivity contribution in [3.05, 3.63) is 32.6 Å². The third kappa shape index (κ3) is 7.47. The molecule has 1 aliphatic heterocycles. The molecule has 1 fully saturated rings. The molecular weight excluding hydrogens is 356 g/mol. The summed E-state index contributed by atoms with van der Waals surface area (Å²) in [5, 5.41) is 0. The Bertz CT molecular complexity index is 726. The second-order valence-corrected chi connectivity index (χ2v) is 6.29. The van der Waals surface area contributed by atoms with Gasteiger partial charge in [-0.25, -0.2) is 9.59 Å². The van der Waals surface area contributed by atoms with Gasteiger partial charge in [-0.2, -0.15) is 0 Å². The molecule has 0 saturated carbocycles.